The van der Waals surface area contributed by atoms with E-state index in [1.807, 2.05) is 0 Å². The Labute approximate surface area is 197 Å². The van der Waals surface area contributed by atoms with E-state index in [0.717, 1.165) is 0 Å². The minimum absolute atomic E-state index is 0.0630. The first-order valence-corrected chi connectivity index (χ1v) is 10.3. The van der Waals surface area contributed by atoms with Crippen molar-refractivity contribution in [2.45, 2.75) is 38.8 Å². The van der Waals surface area contributed by atoms with Gasteiger partial charge in [-0.25, -0.2) is 14.6 Å². The number of amides is 2. The number of benzene rings is 2. The molecule has 7 N–H and O–H groups in total. The summed E-state index contributed by atoms with van der Waals surface area (Å²) in [5.74, 6) is -1.47. The van der Waals surface area contributed by atoms with E-state index in [-0.39, 0.29) is 18.1 Å². The molecular formula is C23H29N5O6. The highest BCUT2D eigenvalue weighted by molar-refractivity contribution is 6.05. The molecule has 0 bridgehead atoms. The molecule has 11 nitrogen and oxygen atoms in total. The molecule has 2 rings (SSSR count). The molecule has 11 heteroatoms. The van der Waals surface area contributed by atoms with Crippen LogP contribution in [0, 0.1) is 0 Å². The van der Waals surface area contributed by atoms with Crippen molar-refractivity contribution in [1.29, 1.82) is 0 Å². The van der Waals surface area contributed by atoms with E-state index in [9.17, 15) is 19.5 Å². The van der Waals surface area contributed by atoms with Crippen LogP contribution in [0.5, 0.6) is 5.75 Å². The Morgan fingerprint density at radius 1 is 1.12 bits per heavy atom. The summed E-state index contributed by atoms with van der Waals surface area (Å²) < 4.78 is 9.92. The number of alkyl carbamates (subject to hydrolysis) is 1. The van der Waals surface area contributed by atoms with Gasteiger partial charge in [-0.05, 0) is 50.6 Å². The minimum atomic E-state index is -1.09. The highest BCUT2D eigenvalue weighted by Gasteiger charge is 2.26. The summed E-state index contributed by atoms with van der Waals surface area (Å²) in [5, 5.41) is 15.6. The van der Waals surface area contributed by atoms with Gasteiger partial charge in [0.25, 0.3) is 5.91 Å². The van der Waals surface area contributed by atoms with Crippen LogP contribution < -0.4 is 22.1 Å². The SMILES string of the molecule is COC(=O)C(Cc1ccc(NC(=O)c2cccc(N=C(N)N)c2)cc1O)NC(=O)OC(C)(C)C. The van der Waals surface area contributed by atoms with Crippen molar-refractivity contribution < 1.29 is 29.0 Å². The number of nitrogens with one attached hydrogen (secondary N) is 2. The van der Waals surface area contributed by atoms with Crippen LogP contribution in [0.1, 0.15) is 36.7 Å². The zero-order valence-electron chi connectivity index (χ0n) is 19.4. The van der Waals surface area contributed by atoms with Gasteiger partial charge in [0.15, 0.2) is 5.96 Å². The molecule has 2 aromatic carbocycles. The summed E-state index contributed by atoms with van der Waals surface area (Å²) in [7, 11) is 1.19. The Hall–Kier alpha value is -4.28. The van der Waals surface area contributed by atoms with E-state index in [2.05, 4.69) is 15.6 Å². The Morgan fingerprint density at radius 2 is 1.82 bits per heavy atom. The fourth-order valence-corrected chi connectivity index (χ4v) is 2.89. The fraction of sp³-hybridized carbons (Fsp3) is 0.304. The predicted molar refractivity (Wildman–Crippen MR) is 127 cm³/mol. The Balaban J connectivity index is 2.13. The van der Waals surface area contributed by atoms with Gasteiger partial charge in [-0.3, -0.25) is 4.79 Å². The quantitative estimate of drug-likeness (QED) is 0.231. The van der Waals surface area contributed by atoms with E-state index in [1.165, 1.54) is 25.3 Å². The van der Waals surface area contributed by atoms with E-state index in [4.69, 9.17) is 20.9 Å². The number of carbonyl (C=O) groups excluding carboxylic acids is 3. The van der Waals surface area contributed by atoms with Gasteiger partial charge in [0.2, 0.25) is 0 Å². The summed E-state index contributed by atoms with van der Waals surface area (Å²) >= 11 is 0. The van der Waals surface area contributed by atoms with Gasteiger partial charge >= 0.3 is 12.1 Å². The zero-order chi connectivity index (χ0) is 25.5. The standard InChI is InChI=1S/C23H29N5O6/c1-23(2,3)34-22(32)28-17(20(31)33-4)11-13-8-9-16(12-18(13)29)26-19(30)14-6-5-7-15(10-14)27-21(24)25/h5-10,12,17,29H,11H2,1-4H3,(H,26,30)(H,28,32)(H4,24,25,27). The van der Waals surface area contributed by atoms with Gasteiger partial charge in [0, 0.05) is 23.7 Å². The maximum absolute atomic E-state index is 12.6. The molecule has 0 aliphatic carbocycles. The number of aliphatic imine (C=N–C) groups is 1. The molecule has 0 saturated heterocycles. The monoisotopic (exact) mass is 471 g/mol. The summed E-state index contributed by atoms with van der Waals surface area (Å²) in [6.45, 7) is 5.07. The number of phenolic OH excluding ortho intramolecular Hbond substituents is 1. The molecule has 2 aromatic rings. The van der Waals surface area contributed by atoms with Gasteiger partial charge in [0.1, 0.15) is 17.4 Å². The number of aromatic hydroxyl groups is 1. The molecule has 0 fully saturated rings. The lowest BCUT2D eigenvalue weighted by atomic mass is 10.0. The fourth-order valence-electron chi connectivity index (χ4n) is 2.89. The first-order chi connectivity index (χ1) is 15.9. The molecule has 0 spiro atoms. The number of guanidine groups is 1. The largest absolute Gasteiger partial charge is 0.508 e. The smallest absolute Gasteiger partial charge is 0.408 e. The number of anilines is 1. The van der Waals surface area contributed by atoms with Gasteiger partial charge in [-0.1, -0.05) is 12.1 Å². The highest BCUT2D eigenvalue weighted by Crippen LogP contribution is 2.24. The lowest BCUT2D eigenvalue weighted by Crippen LogP contribution is -2.45. The molecule has 0 radical (unpaired) electrons. The van der Waals surface area contributed by atoms with Crippen molar-refractivity contribution in [2.75, 3.05) is 12.4 Å². The van der Waals surface area contributed by atoms with Crippen LogP contribution >= 0.6 is 0 Å². The first-order valence-electron chi connectivity index (χ1n) is 10.3. The van der Waals surface area contributed by atoms with Crippen molar-refractivity contribution >= 4 is 35.3 Å². The summed E-state index contributed by atoms with van der Waals surface area (Å²) in [4.78, 5) is 40.7. The number of rotatable bonds is 7. The number of hydrogen-bond donors (Lipinski definition) is 5. The third-order valence-electron chi connectivity index (χ3n) is 4.31. The van der Waals surface area contributed by atoms with Crippen LogP contribution in [0.25, 0.3) is 0 Å². The molecule has 2 amide bonds. The highest BCUT2D eigenvalue weighted by atomic mass is 16.6. The summed E-state index contributed by atoms with van der Waals surface area (Å²) in [6, 6.07) is 9.66. The molecule has 0 aromatic heterocycles. The Kier molecular flexibility index (Phi) is 8.43. The second-order valence-corrected chi connectivity index (χ2v) is 8.31. The lowest BCUT2D eigenvalue weighted by Gasteiger charge is -2.23. The van der Waals surface area contributed by atoms with Crippen LogP contribution in [0.3, 0.4) is 0 Å². The number of ether oxygens (including phenoxy) is 2. The predicted octanol–water partition coefficient (Wildman–Crippen LogP) is 2.16. The van der Waals surface area contributed by atoms with Crippen molar-refractivity contribution in [1.82, 2.24) is 5.32 Å². The molecule has 182 valence electrons. The van der Waals surface area contributed by atoms with E-state index < -0.39 is 29.6 Å². The third kappa shape index (κ3) is 8.01. The van der Waals surface area contributed by atoms with Crippen LogP contribution in [0.15, 0.2) is 47.5 Å². The Morgan fingerprint density at radius 3 is 2.41 bits per heavy atom. The topological polar surface area (TPSA) is 178 Å². The average Bonchev–Trinajstić information content (AvgIpc) is 2.72. The number of nitrogens with two attached hydrogens (primary N) is 2. The molecular weight excluding hydrogens is 442 g/mol. The molecule has 0 heterocycles. The van der Waals surface area contributed by atoms with Crippen LogP contribution in [0.2, 0.25) is 0 Å². The second-order valence-electron chi connectivity index (χ2n) is 8.31. The Bertz CT molecular complexity index is 1090. The third-order valence-corrected chi connectivity index (χ3v) is 4.31. The van der Waals surface area contributed by atoms with Gasteiger partial charge in [-0.15, -0.1) is 0 Å². The minimum Gasteiger partial charge on any atom is -0.508 e. The van der Waals surface area contributed by atoms with Crippen molar-refractivity contribution in [2.24, 2.45) is 16.5 Å². The number of methoxy groups -OCH3 is 1. The zero-order valence-corrected chi connectivity index (χ0v) is 19.4. The van der Waals surface area contributed by atoms with Crippen molar-refractivity contribution in [3.8, 4) is 5.75 Å². The number of hydrogen-bond acceptors (Lipinski definition) is 7. The number of phenols is 1. The van der Waals surface area contributed by atoms with Crippen LogP contribution in [-0.4, -0.2) is 47.8 Å². The maximum Gasteiger partial charge on any atom is 0.408 e. The van der Waals surface area contributed by atoms with Crippen molar-refractivity contribution in [3.63, 3.8) is 0 Å². The van der Waals surface area contributed by atoms with E-state index in [1.54, 1.807) is 45.0 Å². The molecule has 1 atom stereocenters. The summed E-state index contributed by atoms with van der Waals surface area (Å²) in [5.41, 5.74) is 11.3. The molecule has 0 aliphatic heterocycles. The van der Waals surface area contributed by atoms with Crippen LogP contribution in [0.4, 0.5) is 16.2 Å². The molecule has 1 unspecified atom stereocenters. The summed E-state index contributed by atoms with van der Waals surface area (Å²) in [6.07, 6.45) is -0.860. The maximum atomic E-state index is 12.6. The van der Waals surface area contributed by atoms with Gasteiger partial charge < -0.3 is 36.7 Å². The van der Waals surface area contributed by atoms with Crippen molar-refractivity contribution in [3.05, 3.63) is 53.6 Å². The first kappa shape index (κ1) is 26.0. The number of nitrogens with zero attached hydrogens (tertiary/aromatic N) is 1. The number of esters is 1. The number of carbonyl (C=O) groups is 3. The average molecular weight is 472 g/mol. The van der Waals surface area contributed by atoms with Crippen LogP contribution in [-0.2, 0) is 20.7 Å². The van der Waals surface area contributed by atoms with Gasteiger partial charge in [0.05, 0.1) is 12.8 Å². The molecule has 0 saturated carbocycles. The van der Waals surface area contributed by atoms with E-state index in [0.29, 0.717) is 22.5 Å². The molecule has 34 heavy (non-hydrogen) atoms. The lowest BCUT2D eigenvalue weighted by molar-refractivity contribution is -0.143. The van der Waals surface area contributed by atoms with Gasteiger partial charge in [-0.2, -0.15) is 0 Å². The molecule has 0 aliphatic rings. The normalized spacial score (nSPS) is 11.6. The second kappa shape index (κ2) is 11.0. The van der Waals surface area contributed by atoms with E-state index >= 15 is 0 Å².